The van der Waals surface area contributed by atoms with Crippen molar-refractivity contribution in [3.63, 3.8) is 0 Å². The summed E-state index contributed by atoms with van der Waals surface area (Å²) in [6, 6.07) is 9.05. The van der Waals surface area contributed by atoms with Gasteiger partial charge in [0.25, 0.3) is 0 Å². The van der Waals surface area contributed by atoms with E-state index >= 15 is 0 Å². The van der Waals surface area contributed by atoms with E-state index in [4.69, 9.17) is 9.72 Å². The number of aryl methyl sites for hydroxylation is 1. The van der Waals surface area contributed by atoms with Crippen LogP contribution < -0.4 is 5.32 Å². The fourth-order valence-corrected chi connectivity index (χ4v) is 3.37. The second-order valence-electron chi connectivity index (χ2n) is 6.14. The summed E-state index contributed by atoms with van der Waals surface area (Å²) in [7, 11) is 2.10. The molecule has 1 aliphatic rings. The van der Waals surface area contributed by atoms with Crippen LogP contribution in [0.5, 0.6) is 0 Å². The molecule has 2 unspecified atom stereocenters. The molecule has 1 saturated heterocycles. The Kier molecular flexibility index (Phi) is 4.27. The van der Waals surface area contributed by atoms with E-state index in [1.165, 1.54) is 5.52 Å². The lowest BCUT2D eigenvalue weighted by Gasteiger charge is -2.30. The van der Waals surface area contributed by atoms with E-state index in [0.717, 1.165) is 37.4 Å². The third-order valence-corrected chi connectivity index (χ3v) is 4.69. The highest BCUT2D eigenvalue weighted by molar-refractivity contribution is 5.75. The van der Waals surface area contributed by atoms with Crippen LogP contribution in [0.4, 0.5) is 0 Å². The van der Waals surface area contributed by atoms with E-state index in [1.807, 2.05) is 6.07 Å². The van der Waals surface area contributed by atoms with Gasteiger partial charge in [-0.2, -0.15) is 0 Å². The van der Waals surface area contributed by atoms with Crippen molar-refractivity contribution >= 4 is 11.0 Å². The van der Waals surface area contributed by atoms with Crippen molar-refractivity contribution in [1.29, 1.82) is 0 Å². The van der Waals surface area contributed by atoms with Crippen molar-refractivity contribution in [3.8, 4) is 0 Å². The molecule has 0 amide bonds. The molecule has 1 N–H and O–H groups in total. The van der Waals surface area contributed by atoms with E-state index < -0.39 is 0 Å². The molecule has 3 rings (SSSR count). The highest BCUT2D eigenvalue weighted by Gasteiger charge is 2.23. The smallest absolute Gasteiger partial charge is 0.126 e. The molecule has 0 aliphatic carbocycles. The van der Waals surface area contributed by atoms with E-state index in [9.17, 15) is 0 Å². The molecule has 1 aliphatic heterocycles. The van der Waals surface area contributed by atoms with Crippen LogP contribution in [0, 0.1) is 5.92 Å². The lowest BCUT2D eigenvalue weighted by Crippen LogP contribution is -2.38. The zero-order valence-electron chi connectivity index (χ0n) is 13.2. The van der Waals surface area contributed by atoms with Gasteiger partial charge >= 0.3 is 0 Å². The number of rotatable bonds is 4. The van der Waals surface area contributed by atoms with Gasteiger partial charge < -0.3 is 14.6 Å². The number of nitrogens with one attached hydrogen (secondary N) is 1. The maximum atomic E-state index is 5.45. The average Bonchev–Trinajstić information content (AvgIpc) is 2.86. The van der Waals surface area contributed by atoms with Gasteiger partial charge in [0, 0.05) is 26.3 Å². The number of hydrogen-bond acceptors (Lipinski definition) is 3. The molecule has 2 atom stereocenters. The Morgan fingerprint density at radius 3 is 2.67 bits per heavy atom. The maximum Gasteiger partial charge on any atom is 0.126 e. The number of fused-ring (bicyclic) bond motifs is 1. The van der Waals surface area contributed by atoms with Gasteiger partial charge in [-0.3, -0.25) is 0 Å². The quantitative estimate of drug-likeness (QED) is 0.939. The summed E-state index contributed by atoms with van der Waals surface area (Å²) >= 11 is 0. The third-order valence-electron chi connectivity index (χ3n) is 4.69. The van der Waals surface area contributed by atoms with Crippen LogP contribution in [0.15, 0.2) is 24.3 Å². The largest absolute Gasteiger partial charge is 0.381 e. The van der Waals surface area contributed by atoms with Gasteiger partial charge in [0.15, 0.2) is 0 Å². The molecule has 114 valence electrons. The molecule has 2 heterocycles. The Morgan fingerprint density at radius 2 is 1.95 bits per heavy atom. The van der Waals surface area contributed by atoms with Gasteiger partial charge in [-0.1, -0.05) is 12.1 Å². The van der Waals surface area contributed by atoms with Gasteiger partial charge in [-0.05, 0) is 44.7 Å². The highest BCUT2D eigenvalue weighted by atomic mass is 16.5. The Hall–Kier alpha value is -1.39. The lowest BCUT2D eigenvalue weighted by molar-refractivity contribution is 0.0545. The van der Waals surface area contributed by atoms with E-state index in [-0.39, 0.29) is 6.04 Å². The fraction of sp³-hybridized carbons (Fsp3) is 0.588. The molecule has 1 aromatic carbocycles. The Labute approximate surface area is 126 Å². The summed E-state index contributed by atoms with van der Waals surface area (Å²) < 4.78 is 7.65. The predicted octanol–water partition coefficient (Wildman–Crippen LogP) is 3.04. The van der Waals surface area contributed by atoms with Crippen molar-refractivity contribution < 1.29 is 4.74 Å². The molecular weight excluding hydrogens is 262 g/mol. The Bertz CT molecular complexity index is 601. The molecule has 0 radical (unpaired) electrons. The van der Waals surface area contributed by atoms with Gasteiger partial charge in [-0.15, -0.1) is 0 Å². The summed E-state index contributed by atoms with van der Waals surface area (Å²) in [5, 5.41) is 3.73. The number of hydrogen-bond donors (Lipinski definition) is 1. The zero-order valence-corrected chi connectivity index (χ0v) is 13.2. The van der Waals surface area contributed by atoms with Crippen LogP contribution in [-0.4, -0.2) is 28.8 Å². The van der Waals surface area contributed by atoms with Crippen molar-refractivity contribution in [2.45, 2.75) is 38.8 Å². The van der Waals surface area contributed by atoms with Crippen LogP contribution in [-0.2, 0) is 11.8 Å². The normalized spacial score (nSPS) is 19.8. The first-order chi connectivity index (χ1) is 10.2. The van der Waals surface area contributed by atoms with Gasteiger partial charge in [-0.25, -0.2) is 4.98 Å². The summed E-state index contributed by atoms with van der Waals surface area (Å²) in [4.78, 5) is 4.79. The maximum absolute atomic E-state index is 5.45. The lowest BCUT2D eigenvalue weighted by atomic mass is 9.92. The first kappa shape index (κ1) is 14.5. The van der Waals surface area contributed by atoms with Gasteiger partial charge in [0.1, 0.15) is 5.82 Å². The zero-order chi connectivity index (χ0) is 14.8. The van der Waals surface area contributed by atoms with Crippen LogP contribution in [0.2, 0.25) is 0 Å². The number of aromatic nitrogens is 2. The molecular formula is C17H25N3O. The van der Waals surface area contributed by atoms with Crippen LogP contribution in [0.3, 0.4) is 0 Å². The molecule has 0 saturated carbocycles. The topological polar surface area (TPSA) is 39.1 Å². The van der Waals surface area contributed by atoms with E-state index in [2.05, 4.69) is 49.0 Å². The molecule has 1 fully saturated rings. The molecule has 4 heteroatoms. The fourth-order valence-electron chi connectivity index (χ4n) is 3.37. The summed E-state index contributed by atoms with van der Waals surface area (Å²) in [6.07, 6.45) is 2.31. The minimum atomic E-state index is 0.250. The van der Waals surface area contributed by atoms with Crippen molar-refractivity contribution in [1.82, 2.24) is 14.9 Å². The average molecular weight is 287 g/mol. The monoisotopic (exact) mass is 287 g/mol. The van der Waals surface area contributed by atoms with Crippen LogP contribution >= 0.6 is 0 Å². The number of imidazole rings is 1. The first-order valence-electron chi connectivity index (χ1n) is 7.92. The first-order valence-corrected chi connectivity index (χ1v) is 7.92. The van der Waals surface area contributed by atoms with E-state index in [1.54, 1.807) is 0 Å². The molecule has 2 aromatic rings. The van der Waals surface area contributed by atoms with Crippen molar-refractivity contribution in [2.24, 2.45) is 13.0 Å². The molecule has 4 nitrogen and oxygen atoms in total. The second-order valence-corrected chi connectivity index (χ2v) is 6.14. The van der Waals surface area contributed by atoms with E-state index in [0.29, 0.717) is 12.0 Å². The third kappa shape index (κ3) is 2.97. The molecule has 0 bridgehead atoms. The SMILES string of the molecule is CC(NC(C)C1CCOCC1)c1nc2ccccc2n1C. The number of nitrogens with zero attached hydrogens (tertiary/aromatic N) is 2. The highest BCUT2D eigenvalue weighted by Crippen LogP contribution is 2.23. The summed E-state index contributed by atoms with van der Waals surface area (Å²) in [5.74, 6) is 1.81. The molecule has 0 spiro atoms. The summed E-state index contributed by atoms with van der Waals surface area (Å²) in [6.45, 7) is 6.29. The van der Waals surface area contributed by atoms with Crippen LogP contribution in [0.1, 0.15) is 38.6 Å². The number of ether oxygens (including phenoxy) is 1. The Balaban J connectivity index is 1.74. The minimum Gasteiger partial charge on any atom is -0.381 e. The van der Waals surface area contributed by atoms with Crippen molar-refractivity contribution in [3.05, 3.63) is 30.1 Å². The van der Waals surface area contributed by atoms with Gasteiger partial charge in [0.2, 0.25) is 0 Å². The minimum absolute atomic E-state index is 0.250. The molecule has 1 aromatic heterocycles. The molecule has 21 heavy (non-hydrogen) atoms. The Morgan fingerprint density at radius 1 is 1.24 bits per heavy atom. The van der Waals surface area contributed by atoms with Crippen LogP contribution in [0.25, 0.3) is 11.0 Å². The summed E-state index contributed by atoms with van der Waals surface area (Å²) in [5.41, 5.74) is 2.27. The number of para-hydroxylation sites is 2. The predicted molar refractivity (Wildman–Crippen MR) is 85.3 cm³/mol. The standard InChI is InChI=1S/C17H25N3O/c1-12(14-8-10-21-11-9-14)18-13(2)17-19-15-6-4-5-7-16(15)20(17)3/h4-7,12-14,18H,8-11H2,1-3H3. The second kappa shape index (κ2) is 6.16. The number of benzene rings is 1. The van der Waals surface area contributed by atoms with Gasteiger partial charge in [0.05, 0.1) is 17.1 Å². The van der Waals surface area contributed by atoms with Crippen molar-refractivity contribution in [2.75, 3.05) is 13.2 Å².